The summed E-state index contributed by atoms with van der Waals surface area (Å²) >= 11 is 6.28. The van der Waals surface area contributed by atoms with Crippen LogP contribution in [-0.2, 0) is 4.79 Å². The Bertz CT molecular complexity index is 1190. The molecular weight excluding hydrogens is 414 g/mol. The van der Waals surface area contributed by atoms with Gasteiger partial charge in [-0.3, -0.25) is 14.4 Å². The molecule has 154 valence electrons. The molecule has 1 N–H and O–H groups in total. The van der Waals surface area contributed by atoms with Gasteiger partial charge in [-0.2, -0.15) is 0 Å². The van der Waals surface area contributed by atoms with Crippen LogP contribution in [-0.4, -0.2) is 24.1 Å². The third-order valence-corrected chi connectivity index (χ3v) is 5.16. The SMILES string of the molecule is Cc1ccc(NC(=O)COc2ccc(C=C3C(=O)c4ccccc4C3=O)cc2Cl)cc1. The summed E-state index contributed by atoms with van der Waals surface area (Å²) in [6.07, 6.45) is 1.52. The summed E-state index contributed by atoms with van der Waals surface area (Å²) in [7, 11) is 0. The molecule has 1 aliphatic carbocycles. The van der Waals surface area contributed by atoms with Crippen LogP contribution in [0, 0.1) is 6.92 Å². The molecule has 3 aromatic rings. The number of ketones is 2. The Morgan fingerprint density at radius 3 is 2.23 bits per heavy atom. The number of carbonyl (C=O) groups is 3. The molecular formula is C25H18ClNO4. The maximum Gasteiger partial charge on any atom is 0.262 e. The first kappa shape index (κ1) is 20.6. The molecule has 0 saturated heterocycles. The molecule has 0 radical (unpaired) electrons. The number of hydrogen-bond donors (Lipinski definition) is 1. The van der Waals surface area contributed by atoms with E-state index in [9.17, 15) is 14.4 Å². The second-order valence-corrected chi connectivity index (χ2v) is 7.56. The topological polar surface area (TPSA) is 72.5 Å². The van der Waals surface area contributed by atoms with Crippen molar-refractivity contribution in [3.63, 3.8) is 0 Å². The van der Waals surface area contributed by atoms with Crippen LogP contribution in [0.25, 0.3) is 6.08 Å². The second-order valence-electron chi connectivity index (χ2n) is 7.15. The summed E-state index contributed by atoms with van der Waals surface area (Å²) in [6.45, 7) is 1.76. The number of anilines is 1. The minimum absolute atomic E-state index is 0.100. The number of amides is 1. The number of rotatable bonds is 5. The Hall–Kier alpha value is -3.70. The molecule has 0 unspecified atom stereocenters. The van der Waals surface area contributed by atoms with E-state index in [2.05, 4.69) is 5.32 Å². The third kappa shape index (κ3) is 4.42. The van der Waals surface area contributed by atoms with Crippen molar-refractivity contribution in [2.45, 2.75) is 6.92 Å². The third-order valence-electron chi connectivity index (χ3n) is 4.87. The van der Waals surface area contributed by atoms with Crippen LogP contribution in [0.15, 0.2) is 72.3 Å². The zero-order chi connectivity index (χ0) is 22.0. The number of ether oxygens (including phenoxy) is 1. The summed E-state index contributed by atoms with van der Waals surface area (Å²) < 4.78 is 5.51. The van der Waals surface area contributed by atoms with Crippen molar-refractivity contribution < 1.29 is 19.1 Å². The largest absolute Gasteiger partial charge is 0.482 e. The summed E-state index contributed by atoms with van der Waals surface area (Å²) in [6, 6.07) is 19.0. The molecule has 0 heterocycles. The molecule has 0 aromatic heterocycles. The molecule has 0 fully saturated rings. The van der Waals surface area contributed by atoms with Gasteiger partial charge in [0.2, 0.25) is 0 Å². The molecule has 4 rings (SSSR count). The zero-order valence-corrected chi connectivity index (χ0v) is 17.4. The van der Waals surface area contributed by atoms with Crippen LogP contribution >= 0.6 is 11.6 Å². The number of allylic oxidation sites excluding steroid dienone is 1. The first-order valence-electron chi connectivity index (χ1n) is 9.61. The molecule has 1 aliphatic rings. The summed E-state index contributed by atoms with van der Waals surface area (Å²) in [5, 5.41) is 3.02. The standard InChI is InChI=1S/C25H18ClNO4/c1-15-6-9-17(10-7-15)27-23(28)14-31-22-11-8-16(13-21(22)26)12-20-24(29)18-4-2-3-5-19(18)25(20)30/h2-13H,14H2,1H3,(H,27,28). The maximum atomic E-state index is 12.5. The quantitative estimate of drug-likeness (QED) is 0.449. The van der Waals surface area contributed by atoms with Gasteiger partial charge in [-0.25, -0.2) is 0 Å². The van der Waals surface area contributed by atoms with E-state index in [1.54, 1.807) is 42.5 Å². The summed E-state index contributed by atoms with van der Waals surface area (Å²) in [4.78, 5) is 37.1. The number of benzene rings is 3. The van der Waals surface area contributed by atoms with Crippen molar-refractivity contribution in [3.8, 4) is 5.75 Å². The van der Waals surface area contributed by atoms with Gasteiger partial charge in [-0.1, -0.05) is 59.6 Å². The molecule has 0 bridgehead atoms. The number of Topliss-reactive ketones (excluding diaryl/α,β-unsaturated/α-hetero) is 2. The lowest BCUT2D eigenvalue weighted by atomic mass is 10.1. The van der Waals surface area contributed by atoms with E-state index in [1.807, 2.05) is 31.2 Å². The Morgan fingerprint density at radius 1 is 0.968 bits per heavy atom. The number of halogens is 1. The van der Waals surface area contributed by atoms with Crippen LogP contribution in [0.4, 0.5) is 5.69 Å². The summed E-state index contributed by atoms with van der Waals surface area (Å²) in [5.74, 6) is -0.587. The van der Waals surface area contributed by atoms with Crippen LogP contribution in [0.2, 0.25) is 5.02 Å². The second kappa shape index (κ2) is 8.58. The number of hydrogen-bond acceptors (Lipinski definition) is 4. The van der Waals surface area contributed by atoms with E-state index in [1.165, 1.54) is 6.08 Å². The van der Waals surface area contributed by atoms with Crippen LogP contribution in [0.1, 0.15) is 31.8 Å². The average Bonchev–Trinajstić information content (AvgIpc) is 3.00. The highest BCUT2D eigenvalue weighted by Gasteiger charge is 2.32. The van der Waals surface area contributed by atoms with E-state index in [-0.39, 0.29) is 34.7 Å². The van der Waals surface area contributed by atoms with Crippen molar-refractivity contribution in [1.29, 1.82) is 0 Å². The van der Waals surface area contributed by atoms with Crippen molar-refractivity contribution in [3.05, 3.63) is 99.6 Å². The molecule has 6 heteroatoms. The average molecular weight is 432 g/mol. The van der Waals surface area contributed by atoms with Crippen LogP contribution in [0.5, 0.6) is 5.75 Å². The Balaban J connectivity index is 1.43. The summed E-state index contributed by atoms with van der Waals surface area (Å²) in [5.41, 5.74) is 3.28. The highest BCUT2D eigenvalue weighted by molar-refractivity contribution is 6.41. The fraction of sp³-hybridized carbons (Fsp3) is 0.0800. The van der Waals surface area contributed by atoms with Crippen molar-refractivity contribution >= 4 is 40.8 Å². The fourth-order valence-electron chi connectivity index (χ4n) is 3.27. The lowest BCUT2D eigenvalue weighted by molar-refractivity contribution is -0.118. The maximum absolute atomic E-state index is 12.5. The number of aryl methyl sites for hydroxylation is 1. The fourth-order valence-corrected chi connectivity index (χ4v) is 3.51. The van der Waals surface area contributed by atoms with Gasteiger partial charge in [0.1, 0.15) is 5.75 Å². The minimum Gasteiger partial charge on any atom is -0.482 e. The van der Waals surface area contributed by atoms with Gasteiger partial charge >= 0.3 is 0 Å². The zero-order valence-electron chi connectivity index (χ0n) is 16.6. The molecule has 0 saturated carbocycles. The van der Waals surface area contributed by atoms with Gasteiger partial charge < -0.3 is 10.1 Å². The lowest BCUT2D eigenvalue weighted by Gasteiger charge is -2.09. The van der Waals surface area contributed by atoms with Gasteiger partial charge in [-0.15, -0.1) is 0 Å². The Kier molecular flexibility index (Phi) is 5.69. The Morgan fingerprint density at radius 2 is 1.61 bits per heavy atom. The predicted octanol–water partition coefficient (Wildman–Crippen LogP) is 5.13. The predicted molar refractivity (Wildman–Crippen MR) is 120 cm³/mol. The van der Waals surface area contributed by atoms with E-state index >= 15 is 0 Å². The molecule has 0 aliphatic heterocycles. The van der Waals surface area contributed by atoms with Crippen molar-refractivity contribution in [2.24, 2.45) is 0 Å². The molecule has 3 aromatic carbocycles. The molecule has 0 atom stereocenters. The first-order chi connectivity index (χ1) is 14.9. The van der Waals surface area contributed by atoms with Crippen molar-refractivity contribution in [1.82, 2.24) is 0 Å². The van der Waals surface area contributed by atoms with Gasteiger partial charge in [-0.05, 0) is 42.8 Å². The van der Waals surface area contributed by atoms with E-state index in [0.29, 0.717) is 28.1 Å². The molecule has 5 nitrogen and oxygen atoms in total. The highest BCUT2D eigenvalue weighted by atomic mass is 35.5. The highest BCUT2D eigenvalue weighted by Crippen LogP contribution is 2.30. The normalized spacial score (nSPS) is 12.5. The molecule has 1 amide bonds. The van der Waals surface area contributed by atoms with Gasteiger partial charge in [0.25, 0.3) is 5.91 Å². The number of nitrogens with one attached hydrogen (secondary N) is 1. The van der Waals surface area contributed by atoms with Gasteiger partial charge in [0, 0.05) is 16.8 Å². The van der Waals surface area contributed by atoms with Gasteiger partial charge in [0.05, 0.1) is 10.6 Å². The Labute approximate surface area is 184 Å². The lowest BCUT2D eigenvalue weighted by Crippen LogP contribution is -2.20. The number of fused-ring (bicyclic) bond motifs is 1. The smallest absolute Gasteiger partial charge is 0.262 e. The van der Waals surface area contributed by atoms with E-state index in [0.717, 1.165) is 5.56 Å². The number of carbonyl (C=O) groups excluding carboxylic acids is 3. The van der Waals surface area contributed by atoms with Gasteiger partial charge in [0.15, 0.2) is 18.2 Å². The van der Waals surface area contributed by atoms with Crippen LogP contribution in [0.3, 0.4) is 0 Å². The molecule has 31 heavy (non-hydrogen) atoms. The van der Waals surface area contributed by atoms with Crippen molar-refractivity contribution in [2.75, 3.05) is 11.9 Å². The first-order valence-corrected chi connectivity index (χ1v) is 9.99. The molecule has 0 spiro atoms. The minimum atomic E-state index is -0.314. The monoisotopic (exact) mass is 431 g/mol. The van der Waals surface area contributed by atoms with E-state index in [4.69, 9.17) is 16.3 Å². The van der Waals surface area contributed by atoms with E-state index < -0.39 is 0 Å². The van der Waals surface area contributed by atoms with Crippen LogP contribution < -0.4 is 10.1 Å².